The number of amides is 3. The molecule has 24 heteroatoms. The Kier molecular flexibility index (Phi) is 22.1. The van der Waals surface area contributed by atoms with Crippen LogP contribution in [0.3, 0.4) is 0 Å². The molecule has 1 aliphatic rings. The molecule has 3 aromatic heterocycles. The standard InChI is InChI=1S/C44H65N13O11/c1-43(2,68-25-15-46-35(58)9-7-10-36(59)49-32-11-12-34(47-26-32)42-52-50-41(51-53-42)33-8-5-6-14-45-33)13-24-67-44(3,4)31-48-37(60)27-54-16-18-55(28-38(61)62)20-22-57(30-40(65)66)23-21-56(19-17-54)29-39(63)64/h5-6,8,11-12,14,26H,7,9-10,13,15-25,27-31H2,1-4H3,(H,46,58)(H,48,60)(H,49,59)(H,61,62)(H,63,64)(H,65,66). The van der Waals surface area contributed by atoms with Crippen molar-refractivity contribution in [1.29, 1.82) is 0 Å². The van der Waals surface area contributed by atoms with Crippen LogP contribution in [0.1, 0.15) is 53.4 Å². The van der Waals surface area contributed by atoms with E-state index < -0.39 is 29.1 Å². The van der Waals surface area contributed by atoms with Crippen LogP contribution >= 0.6 is 0 Å². The first-order valence-electron chi connectivity index (χ1n) is 22.5. The molecule has 0 radical (unpaired) electrons. The minimum Gasteiger partial charge on any atom is -0.480 e. The highest BCUT2D eigenvalue weighted by atomic mass is 16.5. The molecule has 0 bridgehead atoms. The first-order chi connectivity index (χ1) is 32.3. The van der Waals surface area contributed by atoms with Gasteiger partial charge in [-0.1, -0.05) is 6.07 Å². The molecule has 0 unspecified atom stereocenters. The SMILES string of the molecule is CC(C)(CCOC(C)(C)CNC(=O)CN1CCN(CC(=O)O)CCN(CC(=O)O)CCN(CC(=O)O)CC1)OCCNC(=O)CCCC(=O)Nc1ccc(-c2nnc(-c3ccccn3)nn2)nc1. The van der Waals surface area contributed by atoms with Crippen LogP contribution in [0.25, 0.3) is 23.0 Å². The van der Waals surface area contributed by atoms with E-state index in [9.17, 15) is 44.1 Å². The van der Waals surface area contributed by atoms with Gasteiger partial charge in [0.25, 0.3) is 0 Å². The molecule has 1 fully saturated rings. The molecular weight excluding hydrogens is 887 g/mol. The molecule has 0 aliphatic carbocycles. The van der Waals surface area contributed by atoms with Gasteiger partial charge in [0.2, 0.25) is 29.4 Å². The Morgan fingerprint density at radius 2 is 1.09 bits per heavy atom. The molecule has 24 nitrogen and oxygen atoms in total. The van der Waals surface area contributed by atoms with Gasteiger partial charge in [-0.3, -0.25) is 58.3 Å². The maximum Gasteiger partial charge on any atom is 0.317 e. The van der Waals surface area contributed by atoms with E-state index in [2.05, 4.69) is 46.3 Å². The lowest BCUT2D eigenvalue weighted by Gasteiger charge is -2.33. The Hall–Kier alpha value is -6.18. The summed E-state index contributed by atoms with van der Waals surface area (Å²) >= 11 is 0. The third-order valence-electron chi connectivity index (χ3n) is 10.7. The Labute approximate surface area is 395 Å². The Morgan fingerprint density at radius 3 is 1.57 bits per heavy atom. The summed E-state index contributed by atoms with van der Waals surface area (Å²) in [5.41, 5.74) is 0.123. The van der Waals surface area contributed by atoms with Gasteiger partial charge in [-0.15, -0.1) is 20.4 Å². The van der Waals surface area contributed by atoms with Crippen molar-refractivity contribution in [2.75, 3.05) is 110 Å². The summed E-state index contributed by atoms with van der Waals surface area (Å²) in [5, 5.41) is 53.1. The lowest BCUT2D eigenvalue weighted by molar-refractivity contribution is -0.140. The quantitative estimate of drug-likeness (QED) is 0.0618. The first kappa shape index (κ1) is 54.4. The number of nitrogens with one attached hydrogen (secondary N) is 3. The van der Waals surface area contributed by atoms with E-state index in [1.54, 1.807) is 45.2 Å². The number of rotatable bonds is 25. The normalized spacial score (nSPS) is 15.1. The number of carbonyl (C=O) groups excluding carboxylic acids is 3. The zero-order chi connectivity index (χ0) is 49.5. The van der Waals surface area contributed by atoms with Crippen LogP contribution in [0.2, 0.25) is 0 Å². The predicted octanol–water partition coefficient (Wildman–Crippen LogP) is 0.188. The van der Waals surface area contributed by atoms with E-state index in [0.717, 1.165) is 0 Å². The predicted molar refractivity (Wildman–Crippen MR) is 246 cm³/mol. The number of nitrogens with zero attached hydrogens (tertiary/aromatic N) is 10. The number of anilines is 1. The van der Waals surface area contributed by atoms with E-state index in [1.165, 1.54) is 6.20 Å². The van der Waals surface area contributed by atoms with Gasteiger partial charge >= 0.3 is 17.9 Å². The summed E-state index contributed by atoms with van der Waals surface area (Å²) in [6, 6.07) is 8.64. The minimum atomic E-state index is -1.03. The molecule has 372 valence electrons. The highest BCUT2D eigenvalue weighted by molar-refractivity contribution is 5.91. The fraction of sp³-hybridized carbons (Fsp3) is 0.591. The van der Waals surface area contributed by atoms with Gasteiger partial charge in [0, 0.05) is 84.5 Å². The van der Waals surface area contributed by atoms with Gasteiger partial charge < -0.3 is 40.7 Å². The van der Waals surface area contributed by atoms with E-state index in [1.807, 2.05) is 38.7 Å². The van der Waals surface area contributed by atoms with Crippen molar-refractivity contribution in [2.45, 2.75) is 64.6 Å². The van der Waals surface area contributed by atoms with Crippen LogP contribution in [0.15, 0.2) is 42.7 Å². The van der Waals surface area contributed by atoms with Crippen molar-refractivity contribution in [1.82, 2.24) is 60.6 Å². The van der Waals surface area contributed by atoms with Crippen molar-refractivity contribution in [3.05, 3.63) is 42.7 Å². The smallest absolute Gasteiger partial charge is 0.317 e. The first-order valence-corrected chi connectivity index (χ1v) is 22.5. The number of hydrogen-bond donors (Lipinski definition) is 6. The minimum absolute atomic E-state index is 0.0114. The van der Waals surface area contributed by atoms with Gasteiger partial charge in [-0.2, -0.15) is 0 Å². The van der Waals surface area contributed by atoms with Crippen molar-refractivity contribution in [2.24, 2.45) is 0 Å². The summed E-state index contributed by atoms with van der Waals surface area (Å²) in [6.45, 7) is 10.2. The largest absolute Gasteiger partial charge is 0.480 e. The van der Waals surface area contributed by atoms with Crippen LogP contribution in [0.4, 0.5) is 5.69 Å². The van der Waals surface area contributed by atoms with Crippen molar-refractivity contribution in [3.8, 4) is 23.0 Å². The second-order valence-electron chi connectivity index (χ2n) is 17.5. The van der Waals surface area contributed by atoms with Gasteiger partial charge in [-0.05, 0) is 64.8 Å². The Morgan fingerprint density at radius 1 is 0.588 bits per heavy atom. The summed E-state index contributed by atoms with van der Waals surface area (Å²) in [6.07, 6.45) is 4.25. The lowest BCUT2D eigenvalue weighted by atomic mass is 10.1. The van der Waals surface area contributed by atoms with Crippen LogP contribution in [0.5, 0.6) is 0 Å². The van der Waals surface area contributed by atoms with Gasteiger partial charge in [0.15, 0.2) is 0 Å². The topological polar surface area (TPSA) is 308 Å². The number of carboxylic acid groups (broad SMARTS) is 3. The molecule has 4 rings (SSSR count). The number of aliphatic carboxylic acids is 3. The Balaban J connectivity index is 1.10. The van der Waals surface area contributed by atoms with E-state index in [4.69, 9.17) is 9.47 Å². The average Bonchev–Trinajstić information content (AvgIpc) is 3.28. The third-order valence-corrected chi connectivity index (χ3v) is 10.7. The van der Waals surface area contributed by atoms with Crippen molar-refractivity contribution < 1.29 is 53.6 Å². The highest BCUT2D eigenvalue weighted by Gasteiger charge is 2.25. The molecule has 1 saturated heterocycles. The fourth-order valence-corrected chi connectivity index (χ4v) is 6.82. The number of carbonyl (C=O) groups is 6. The molecule has 3 amide bonds. The van der Waals surface area contributed by atoms with Gasteiger partial charge in [0.05, 0.1) is 62.5 Å². The van der Waals surface area contributed by atoms with Crippen LogP contribution in [-0.4, -0.2) is 217 Å². The summed E-state index contributed by atoms with van der Waals surface area (Å²) in [7, 11) is 0. The van der Waals surface area contributed by atoms with E-state index >= 15 is 0 Å². The molecule has 0 saturated carbocycles. The summed E-state index contributed by atoms with van der Waals surface area (Å²) in [4.78, 5) is 88.2. The maximum atomic E-state index is 13.2. The molecular formula is C44H65N13O11. The highest BCUT2D eigenvalue weighted by Crippen LogP contribution is 2.18. The fourth-order valence-electron chi connectivity index (χ4n) is 6.82. The van der Waals surface area contributed by atoms with Crippen LogP contribution < -0.4 is 16.0 Å². The number of carboxylic acids is 3. The van der Waals surface area contributed by atoms with E-state index in [0.29, 0.717) is 62.7 Å². The summed E-state index contributed by atoms with van der Waals surface area (Å²) < 4.78 is 12.1. The second kappa shape index (κ2) is 27.6. The monoisotopic (exact) mass is 951 g/mol. The zero-order valence-electron chi connectivity index (χ0n) is 39.3. The molecule has 0 aromatic carbocycles. The molecule has 0 spiro atoms. The number of ether oxygens (including phenoxy) is 2. The molecule has 6 N–H and O–H groups in total. The van der Waals surface area contributed by atoms with Crippen molar-refractivity contribution in [3.63, 3.8) is 0 Å². The molecule has 68 heavy (non-hydrogen) atoms. The van der Waals surface area contributed by atoms with Crippen LogP contribution in [0, 0.1) is 0 Å². The Bertz CT molecular complexity index is 2050. The van der Waals surface area contributed by atoms with E-state index in [-0.39, 0.29) is 114 Å². The molecule has 0 atom stereocenters. The molecule has 1 aliphatic heterocycles. The van der Waals surface area contributed by atoms with Gasteiger partial charge in [-0.25, -0.2) is 0 Å². The van der Waals surface area contributed by atoms with Crippen LogP contribution in [-0.2, 0) is 38.2 Å². The zero-order valence-corrected chi connectivity index (χ0v) is 39.3. The maximum absolute atomic E-state index is 13.2. The summed E-state index contributed by atoms with van der Waals surface area (Å²) in [5.74, 6) is -3.33. The lowest BCUT2D eigenvalue weighted by Crippen LogP contribution is -2.50. The number of pyridine rings is 2. The molecule has 3 aromatic rings. The number of aromatic nitrogens is 6. The second-order valence-corrected chi connectivity index (χ2v) is 17.5. The molecule has 4 heterocycles. The average molecular weight is 952 g/mol. The third kappa shape index (κ3) is 21.6. The van der Waals surface area contributed by atoms with Crippen molar-refractivity contribution >= 4 is 41.3 Å². The van der Waals surface area contributed by atoms with Gasteiger partial charge in [0.1, 0.15) is 11.4 Å². The number of hydrogen-bond acceptors (Lipinski definition) is 18.